The van der Waals surface area contributed by atoms with E-state index in [9.17, 15) is 4.79 Å². The molecular formula is C10H10BrNO2. The molecule has 0 atom stereocenters. The number of pyridine rings is 1. The largest absolute Gasteiger partial charge is 0.481 e. The minimum absolute atomic E-state index is 0.520. The third-order valence-corrected chi connectivity index (χ3v) is 3.04. The van der Waals surface area contributed by atoms with Crippen molar-refractivity contribution in [3.05, 3.63) is 28.5 Å². The van der Waals surface area contributed by atoms with Crippen LogP contribution in [0.3, 0.4) is 0 Å². The molecule has 1 heterocycles. The second-order valence-corrected chi connectivity index (χ2v) is 4.53. The highest BCUT2D eigenvalue weighted by Gasteiger charge is 2.50. The Hall–Kier alpha value is -0.900. The minimum Gasteiger partial charge on any atom is -0.481 e. The Balaban J connectivity index is 2.15. The molecule has 14 heavy (non-hydrogen) atoms. The van der Waals surface area contributed by atoms with Crippen LogP contribution >= 0.6 is 15.9 Å². The molecule has 0 radical (unpaired) electrons. The van der Waals surface area contributed by atoms with Gasteiger partial charge in [0.1, 0.15) is 4.60 Å². The van der Waals surface area contributed by atoms with E-state index in [0.29, 0.717) is 6.42 Å². The molecule has 1 aromatic heterocycles. The third kappa shape index (κ3) is 1.80. The highest BCUT2D eigenvalue weighted by molar-refractivity contribution is 9.10. The zero-order valence-corrected chi connectivity index (χ0v) is 9.12. The first-order valence-corrected chi connectivity index (χ1v) is 5.27. The first-order chi connectivity index (χ1) is 6.62. The first-order valence-electron chi connectivity index (χ1n) is 4.47. The van der Waals surface area contributed by atoms with Gasteiger partial charge in [0.15, 0.2) is 0 Å². The van der Waals surface area contributed by atoms with Crippen LogP contribution in [0.15, 0.2) is 22.8 Å². The van der Waals surface area contributed by atoms with E-state index >= 15 is 0 Å². The van der Waals surface area contributed by atoms with E-state index in [1.165, 1.54) is 0 Å². The molecule has 1 aliphatic rings. The molecule has 1 saturated carbocycles. The number of nitrogens with zero attached hydrogens (tertiary/aromatic N) is 1. The molecule has 0 aromatic carbocycles. The summed E-state index contributed by atoms with van der Waals surface area (Å²) >= 11 is 3.27. The Morgan fingerprint density at radius 1 is 1.57 bits per heavy atom. The van der Waals surface area contributed by atoms with Crippen molar-refractivity contribution in [2.24, 2.45) is 5.41 Å². The van der Waals surface area contributed by atoms with Crippen molar-refractivity contribution in [2.45, 2.75) is 19.3 Å². The number of carbonyl (C=O) groups is 1. The second-order valence-electron chi connectivity index (χ2n) is 3.71. The Kier molecular flexibility index (Phi) is 2.31. The Morgan fingerprint density at radius 3 is 2.79 bits per heavy atom. The lowest BCUT2D eigenvalue weighted by molar-refractivity contribution is -0.143. The summed E-state index contributed by atoms with van der Waals surface area (Å²) in [6.45, 7) is 0. The number of hydrogen-bond acceptors (Lipinski definition) is 2. The van der Waals surface area contributed by atoms with Crippen LogP contribution in [0.4, 0.5) is 0 Å². The van der Waals surface area contributed by atoms with Crippen LogP contribution in [0.5, 0.6) is 0 Å². The van der Waals surface area contributed by atoms with Gasteiger partial charge < -0.3 is 5.11 Å². The molecule has 0 aliphatic heterocycles. The van der Waals surface area contributed by atoms with Gasteiger partial charge >= 0.3 is 5.97 Å². The van der Waals surface area contributed by atoms with Gasteiger partial charge in [-0.15, -0.1) is 0 Å². The standard InChI is InChI=1S/C10H10BrNO2/c11-8-3-1-2-7(12-8)6-10(4-5-10)9(13)14/h1-3H,4-6H2,(H,13,14). The van der Waals surface area contributed by atoms with E-state index in [1.807, 2.05) is 18.2 Å². The zero-order chi connectivity index (χ0) is 10.2. The van der Waals surface area contributed by atoms with Crippen molar-refractivity contribution in [3.63, 3.8) is 0 Å². The second kappa shape index (κ2) is 3.35. The van der Waals surface area contributed by atoms with Gasteiger partial charge in [-0.3, -0.25) is 4.79 Å². The predicted molar refractivity (Wildman–Crippen MR) is 54.9 cm³/mol. The molecule has 74 valence electrons. The van der Waals surface area contributed by atoms with Gasteiger partial charge in [0.25, 0.3) is 0 Å². The van der Waals surface area contributed by atoms with Gasteiger partial charge in [0, 0.05) is 12.1 Å². The van der Waals surface area contributed by atoms with E-state index in [0.717, 1.165) is 23.1 Å². The van der Waals surface area contributed by atoms with E-state index < -0.39 is 11.4 Å². The van der Waals surface area contributed by atoms with Crippen molar-refractivity contribution in [1.82, 2.24) is 4.98 Å². The normalized spacial score (nSPS) is 17.8. The maximum atomic E-state index is 10.9. The number of carboxylic acid groups (broad SMARTS) is 1. The predicted octanol–water partition coefficient (Wildman–Crippen LogP) is 2.25. The Bertz CT molecular complexity index is 374. The summed E-state index contributed by atoms with van der Waals surface area (Å²) in [5.74, 6) is -0.695. The van der Waals surface area contributed by atoms with Crippen LogP contribution < -0.4 is 0 Å². The third-order valence-electron chi connectivity index (χ3n) is 2.60. The molecule has 0 amide bonds. The molecule has 4 heteroatoms. The summed E-state index contributed by atoms with van der Waals surface area (Å²) in [5.41, 5.74) is 0.327. The smallest absolute Gasteiger partial charge is 0.310 e. The molecule has 0 bridgehead atoms. The number of carboxylic acids is 1. The molecule has 0 saturated heterocycles. The van der Waals surface area contributed by atoms with Crippen molar-refractivity contribution in [1.29, 1.82) is 0 Å². The van der Waals surface area contributed by atoms with Crippen LogP contribution in [0, 0.1) is 5.41 Å². The maximum Gasteiger partial charge on any atom is 0.310 e. The minimum atomic E-state index is -0.695. The average molecular weight is 256 g/mol. The molecule has 1 N–H and O–H groups in total. The maximum absolute atomic E-state index is 10.9. The van der Waals surface area contributed by atoms with E-state index in [-0.39, 0.29) is 0 Å². The lowest BCUT2D eigenvalue weighted by atomic mass is 10.0. The SMILES string of the molecule is O=C(O)C1(Cc2cccc(Br)n2)CC1. The van der Waals surface area contributed by atoms with E-state index in [4.69, 9.17) is 5.11 Å². The molecule has 0 spiro atoms. The number of hydrogen-bond donors (Lipinski definition) is 1. The quantitative estimate of drug-likeness (QED) is 0.844. The molecule has 0 unspecified atom stereocenters. The van der Waals surface area contributed by atoms with Crippen LogP contribution in [0.25, 0.3) is 0 Å². The topological polar surface area (TPSA) is 50.2 Å². The summed E-state index contributed by atoms with van der Waals surface area (Å²) in [4.78, 5) is 15.2. The fourth-order valence-electron chi connectivity index (χ4n) is 1.51. The average Bonchev–Trinajstić information content (AvgIpc) is 2.85. The fourth-order valence-corrected chi connectivity index (χ4v) is 1.89. The highest BCUT2D eigenvalue weighted by Crippen LogP contribution is 2.48. The van der Waals surface area contributed by atoms with Crippen molar-refractivity contribution >= 4 is 21.9 Å². The summed E-state index contributed by atoms with van der Waals surface area (Å²) in [6.07, 6.45) is 2.09. The Labute approximate surface area is 90.3 Å². The van der Waals surface area contributed by atoms with Crippen molar-refractivity contribution in [3.8, 4) is 0 Å². The van der Waals surface area contributed by atoms with Crippen LogP contribution in [-0.4, -0.2) is 16.1 Å². The van der Waals surface area contributed by atoms with Gasteiger partial charge in [-0.2, -0.15) is 0 Å². The lowest BCUT2D eigenvalue weighted by Crippen LogP contribution is -2.18. The molecule has 3 nitrogen and oxygen atoms in total. The van der Waals surface area contributed by atoms with Gasteiger partial charge in [-0.25, -0.2) is 4.98 Å². The summed E-state index contributed by atoms with van der Waals surface area (Å²) in [6, 6.07) is 5.59. The molecule has 2 rings (SSSR count). The fraction of sp³-hybridized carbons (Fsp3) is 0.400. The molecule has 1 aliphatic carbocycles. The van der Waals surface area contributed by atoms with Gasteiger partial charge in [-0.05, 0) is 40.9 Å². The van der Waals surface area contributed by atoms with Gasteiger partial charge in [-0.1, -0.05) is 6.07 Å². The number of rotatable bonds is 3. The summed E-state index contributed by atoms with van der Waals surface area (Å²) in [5, 5.41) is 8.99. The number of aromatic nitrogens is 1. The van der Waals surface area contributed by atoms with Crippen LogP contribution in [0.1, 0.15) is 18.5 Å². The van der Waals surface area contributed by atoms with Gasteiger partial charge in [0.2, 0.25) is 0 Å². The lowest BCUT2D eigenvalue weighted by Gasteiger charge is -2.08. The van der Waals surface area contributed by atoms with Crippen LogP contribution in [0.2, 0.25) is 0 Å². The van der Waals surface area contributed by atoms with Gasteiger partial charge in [0.05, 0.1) is 5.41 Å². The van der Waals surface area contributed by atoms with E-state index in [2.05, 4.69) is 20.9 Å². The van der Waals surface area contributed by atoms with Crippen LogP contribution in [-0.2, 0) is 11.2 Å². The Morgan fingerprint density at radius 2 is 2.29 bits per heavy atom. The molecule has 1 fully saturated rings. The monoisotopic (exact) mass is 255 g/mol. The van der Waals surface area contributed by atoms with Crippen molar-refractivity contribution in [2.75, 3.05) is 0 Å². The molecule has 1 aromatic rings. The summed E-state index contributed by atoms with van der Waals surface area (Å²) in [7, 11) is 0. The molecular weight excluding hydrogens is 246 g/mol. The van der Waals surface area contributed by atoms with E-state index in [1.54, 1.807) is 0 Å². The number of aliphatic carboxylic acids is 1. The highest BCUT2D eigenvalue weighted by atomic mass is 79.9. The zero-order valence-electron chi connectivity index (χ0n) is 7.53. The summed E-state index contributed by atoms with van der Waals surface area (Å²) < 4.78 is 0.760. The first kappa shape index (κ1) is 9.65. The van der Waals surface area contributed by atoms with Crippen molar-refractivity contribution < 1.29 is 9.90 Å². The number of halogens is 1.